The van der Waals surface area contributed by atoms with Crippen molar-refractivity contribution >= 4 is 0 Å². The molecule has 0 bridgehead atoms. The second kappa shape index (κ2) is 7.38. The van der Waals surface area contributed by atoms with E-state index in [9.17, 15) is 0 Å². The van der Waals surface area contributed by atoms with Crippen LogP contribution in [0.5, 0.6) is 0 Å². The van der Waals surface area contributed by atoms with Gasteiger partial charge in [-0.15, -0.1) is 0 Å². The van der Waals surface area contributed by atoms with Crippen LogP contribution in [-0.4, -0.2) is 54.1 Å². The van der Waals surface area contributed by atoms with Crippen molar-refractivity contribution in [3.05, 3.63) is 17.0 Å². The minimum absolute atomic E-state index is 0. The van der Waals surface area contributed by atoms with Crippen LogP contribution in [0.15, 0.2) is 0 Å². The number of nitrogens with zero attached hydrogens (tertiary/aromatic N) is 2. The zero-order valence-corrected chi connectivity index (χ0v) is 11.5. The molecule has 0 unspecified atom stereocenters. The Morgan fingerprint density at radius 3 is 1.75 bits per heavy atom. The summed E-state index contributed by atoms with van der Waals surface area (Å²) in [5.41, 5.74) is 3.54. The zero-order valence-electron chi connectivity index (χ0n) is 11.5. The second-order valence-electron chi connectivity index (χ2n) is 4.80. The van der Waals surface area contributed by atoms with Crippen molar-refractivity contribution in [1.29, 1.82) is 0 Å². The lowest BCUT2D eigenvalue weighted by Crippen LogP contribution is -2.36. The fourth-order valence-corrected chi connectivity index (χ4v) is 0.907. The summed E-state index contributed by atoms with van der Waals surface area (Å²) in [4.78, 5) is 0. The highest BCUT2D eigenvalue weighted by atomic mass is 16.3. The van der Waals surface area contributed by atoms with Gasteiger partial charge < -0.3 is 15.7 Å². The van der Waals surface area contributed by atoms with E-state index in [0.717, 1.165) is 16.7 Å². The number of H-pyrrole nitrogens is 1. The molecule has 0 saturated carbocycles. The van der Waals surface area contributed by atoms with E-state index in [-0.39, 0.29) is 12.8 Å². The van der Waals surface area contributed by atoms with Crippen molar-refractivity contribution in [3.63, 3.8) is 0 Å². The Balaban J connectivity index is 0. The van der Waals surface area contributed by atoms with Gasteiger partial charge in [0.05, 0.1) is 33.4 Å². The van der Waals surface area contributed by atoms with E-state index in [2.05, 4.69) is 38.3 Å². The van der Waals surface area contributed by atoms with Crippen molar-refractivity contribution in [2.24, 2.45) is 0 Å². The van der Waals surface area contributed by atoms with Gasteiger partial charge in [0, 0.05) is 5.69 Å². The molecule has 0 spiro atoms. The predicted molar refractivity (Wildman–Crippen MR) is 67.8 cm³/mol. The normalized spacial score (nSPS) is 10.2. The molecule has 0 atom stereocenters. The number of nitrogens with one attached hydrogen (secondary N) is 1. The molecule has 1 aromatic rings. The highest BCUT2D eigenvalue weighted by Crippen LogP contribution is 2.04. The standard InChI is InChI=1S/C6H10N2.C5H14NO.H3N/c1-4-5(2)7-8-6(4)3;1-6(2,3)4-5-7;/h1-3H3,(H,7,8);7H,4-5H2,1-3H3;1H3/q;+1;. The maximum Gasteiger partial charge on any atom is 0.101 e. The van der Waals surface area contributed by atoms with Gasteiger partial charge in [-0.2, -0.15) is 5.10 Å². The molecule has 1 aromatic heterocycles. The third-order valence-electron chi connectivity index (χ3n) is 2.27. The number of likely N-dealkylation sites (N-methyl/N-ethyl adjacent to an activating group) is 1. The van der Waals surface area contributed by atoms with Crippen LogP contribution in [0.2, 0.25) is 0 Å². The minimum Gasteiger partial charge on any atom is -0.391 e. The van der Waals surface area contributed by atoms with Gasteiger partial charge >= 0.3 is 0 Å². The molecule has 5 N–H and O–H groups in total. The molecular weight excluding hydrogens is 204 g/mol. The van der Waals surface area contributed by atoms with Crippen molar-refractivity contribution in [1.82, 2.24) is 16.3 Å². The Hall–Kier alpha value is -0.910. The largest absolute Gasteiger partial charge is 0.391 e. The molecule has 16 heavy (non-hydrogen) atoms. The highest BCUT2D eigenvalue weighted by molar-refractivity contribution is 5.20. The highest BCUT2D eigenvalue weighted by Gasteiger charge is 2.02. The van der Waals surface area contributed by atoms with Crippen LogP contribution in [0.25, 0.3) is 0 Å². The topological polar surface area (TPSA) is 83.9 Å². The molecule has 0 fully saturated rings. The van der Waals surface area contributed by atoms with E-state index in [4.69, 9.17) is 5.11 Å². The SMILES string of the molecule is C[N+](C)(C)CCO.Cc1n[nH]c(C)c1C.N. The summed E-state index contributed by atoms with van der Waals surface area (Å²) in [5, 5.41) is 15.3. The number of hydrogen-bond donors (Lipinski definition) is 3. The lowest BCUT2D eigenvalue weighted by molar-refractivity contribution is -0.870. The Morgan fingerprint density at radius 2 is 1.69 bits per heavy atom. The van der Waals surface area contributed by atoms with E-state index in [0.29, 0.717) is 0 Å². The molecule has 0 saturated heterocycles. The Kier molecular flexibility index (Phi) is 8.06. The quantitative estimate of drug-likeness (QED) is 0.668. The summed E-state index contributed by atoms with van der Waals surface area (Å²) in [6.07, 6.45) is 0. The molecule has 0 aromatic carbocycles. The van der Waals surface area contributed by atoms with E-state index in [1.807, 2.05) is 13.8 Å². The number of hydrogen-bond acceptors (Lipinski definition) is 3. The summed E-state index contributed by atoms with van der Waals surface area (Å²) in [6, 6.07) is 0. The molecule has 0 amide bonds. The summed E-state index contributed by atoms with van der Waals surface area (Å²) in [5.74, 6) is 0. The Labute approximate surface area is 98.7 Å². The first-order valence-electron chi connectivity index (χ1n) is 5.17. The van der Waals surface area contributed by atoms with Crippen molar-refractivity contribution in [2.75, 3.05) is 34.3 Å². The number of quaternary nitrogens is 1. The van der Waals surface area contributed by atoms with Crippen LogP contribution in [0.3, 0.4) is 0 Å². The Bertz CT molecular complexity index is 269. The minimum atomic E-state index is 0. The zero-order chi connectivity index (χ0) is 12.1. The smallest absolute Gasteiger partial charge is 0.101 e. The monoisotopic (exact) mass is 231 g/mol. The van der Waals surface area contributed by atoms with Crippen LogP contribution in [0.4, 0.5) is 0 Å². The average Bonchev–Trinajstić information content (AvgIpc) is 2.35. The predicted octanol–water partition coefficient (Wildman–Crippen LogP) is 1.18. The van der Waals surface area contributed by atoms with E-state index < -0.39 is 0 Å². The maximum absolute atomic E-state index is 8.39. The average molecular weight is 231 g/mol. The van der Waals surface area contributed by atoms with Gasteiger partial charge in [-0.3, -0.25) is 5.10 Å². The number of aromatic nitrogens is 2. The van der Waals surface area contributed by atoms with Crippen molar-refractivity contribution in [3.8, 4) is 0 Å². The van der Waals surface area contributed by atoms with Gasteiger partial charge in [0.2, 0.25) is 0 Å². The van der Waals surface area contributed by atoms with Crippen LogP contribution in [-0.2, 0) is 0 Å². The lowest BCUT2D eigenvalue weighted by atomic mass is 10.2. The van der Waals surface area contributed by atoms with Gasteiger partial charge in [0.25, 0.3) is 0 Å². The molecule has 5 heteroatoms. The Morgan fingerprint density at radius 1 is 1.19 bits per heavy atom. The third kappa shape index (κ3) is 7.39. The summed E-state index contributed by atoms with van der Waals surface area (Å²) >= 11 is 0. The van der Waals surface area contributed by atoms with Gasteiger partial charge in [-0.05, 0) is 26.3 Å². The summed E-state index contributed by atoms with van der Waals surface area (Å²) < 4.78 is 0.844. The van der Waals surface area contributed by atoms with E-state index >= 15 is 0 Å². The molecule has 0 aliphatic carbocycles. The molecule has 0 aliphatic rings. The fourth-order valence-electron chi connectivity index (χ4n) is 0.907. The molecule has 0 radical (unpaired) electrons. The fraction of sp³-hybridized carbons (Fsp3) is 0.727. The van der Waals surface area contributed by atoms with E-state index in [1.54, 1.807) is 0 Å². The van der Waals surface area contributed by atoms with Gasteiger partial charge in [0.1, 0.15) is 6.54 Å². The van der Waals surface area contributed by atoms with Crippen LogP contribution < -0.4 is 6.15 Å². The lowest BCUT2D eigenvalue weighted by Gasteiger charge is -2.21. The summed E-state index contributed by atoms with van der Waals surface area (Å²) in [7, 11) is 6.16. The van der Waals surface area contributed by atoms with E-state index in [1.165, 1.54) is 11.3 Å². The first-order chi connectivity index (χ1) is 6.78. The number of aliphatic hydroxyl groups is 1. The van der Waals surface area contributed by atoms with Crippen molar-refractivity contribution < 1.29 is 9.59 Å². The number of aliphatic hydroxyl groups excluding tert-OH is 1. The number of aromatic amines is 1. The second-order valence-corrected chi connectivity index (χ2v) is 4.80. The molecular formula is C11H27N4O+. The number of aryl methyl sites for hydroxylation is 2. The van der Waals surface area contributed by atoms with Gasteiger partial charge in [0.15, 0.2) is 0 Å². The summed E-state index contributed by atoms with van der Waals surface area (Å²) in [6.45, 7) is 7.20. The van der Waals surface area contributed by atoms with Gasteiger partial charge in [-0.1, -0.05) is 0 Å². The van der Waals surface area contributed by atoms with Crippen molar-refractivity contribution in [2.45, 2.75) is 20.8 Å². The first-order valence-corrected chi connectivity index (χ1v) is 5.17. The molecule has 1 rings (SSSR count). The van der Waals surface area contributed by atoms with Gasteiger partial charge in [-0.25, -0.2) is 0 Å². The van der Waals surface area contributed by atoms with Crippen LogP contribution in [0, 0.1) is 20.8 Å². The molecule has 0 aliphatic heterocycles. The van der Waals surface area contributed by atoms with Crippen LogP contribution >= 0.6 is 0 Å². The number of rotatable bonds is 2. The molecule has 1 heterocycles. The molecule has 96 valence electrons. The molecule has 5 nitrogen and oxygen atoms in total. The maximum atomic E-state index is 8.39. The van der Waals surface area contributed by atoms with Crippen LogP contribution in [0.1, 0.15) is 17.0 Å². The third-order valence-corrected chi connectivity index (χ3v) is 2.27. The first kappa shape index (κ1) is 17.5.